The molecule has 0 bridgehead atoms. The summed E-state index contributed by atoms with van der Waals surface area (Å²) in [5, 5.41) is 0. The third-order valence-corrected chi connectivity index (χ3v) is 8.34. The minimum atomic E-state index is -0.147. The Morgan fingerprint density at radius 3 is 1.16 bits per heavy atom. The van der Waals surface area contributed by atoms with Crippen molar-refractivity contribution in [2.75, 3.05) is 13.2 Å². The minimum absolute atomic E-state index is 0.134. The molecule has 2 aromatic carbocycles. The summed E-state index contributed by atoms with van der Waals surface area (Å²) in [6, 6.07) is 9.53. The number of hydrogen-bond donors (Lipinski definition) is 0. The molecule has 4 rings (SSSR count). The zero-order chi connectivity index (χ0) is 26.7. The van der Waals surface area contributed by atoms with Gasteiger partial charge in [-0.1, -0.05) is 79.7 Å². The lowest BCUT2D eigenvalue weighted by Crippen LogP contribution is -2.25. The molecule has 0 N–H and O–H groups in total. The fraction of sp³-hybridized carbons (Fsp3) is 0.636. The smallest absolute Gasteiger partial charge is 0.127 e. The monoisotopic (exact) mass is 508 g/mol. The second kappa shape index (κ2) is 11.8. The van der Waals surface area contributed by atoms with Crippen LogP contribution in [0.1, 0.15) is 102 Å². The van der Waals surface area contributed by atoms with Crippen LogP contribution >= 0.6 is 0 Å². The highest BCUT2D eigenvalue weighted by Crippen LogP contribution is 2.41. The van der Waals surface area contributed by atoms with Gasteiger partial charge in [-0.3, -0.25) is 0 Å². The van der Waals surface area contributed by atoms with Gasteiger partial charge in [-0.25, -0.2) is 0 Å². The van der Waals surface area contributed by atoms with Crippen LogP contribution in [0.2, 0.25) is 0 Å². The Bertz CT molecular complexity index is 930. The molecule has 2 heterocycles. The maximum atomic E-state index is 6.61. The topological polar surface area (TPSA) is 43.5 Å². The summed E-state index contributed by atoms with van der Waals surface area (Å²) >= 11 is 0. The average Bonchev–Trinajstić information content (AvgIpc) is 3.83. The molecule has 2 aromatic rings. The highest BCUT2D eigenvalue weighted by Gasteiger charge is 2.36. The first-order valence-electron chi connectivity index (χ1n) is 14.7. The molecule has 2 aliphatic rings. The first-order chi connectivity index (χ1) is 17.8. The highest BCUT2D eigenvalue weighted by atomic mass is 16.6. The molecule has 4 unspecified atom stereocenters. The van der Waals surface area contributed by atoms with Crippen molar-refractivity contribution >= 4 is 0 Å². The number of ether oxygens (including phenoxy) is 4. The van der Waals surface area contributed by atoms with E-state index < -0.39 is 0 Å². The molecular weight excluding hydrogens is 460 g/mol. The Labute approximate surface area is 225 Å². The maximum absolute atomic E-state index is 6.61. The van der Waals surface area contributed by atoms with Crippen molar-refractivity contribution < 1.29 is 18.9 Å². The quantitative estimate of drug-likeness (QED) is 0.250. The van der Waals surface area contributed by atoms with E-state index in [-0.39, 0.29) is 29.8 Å². The molecule has 0 aromatic heterocycles. The first kappa shape index (κ1) is 28.0. The second-order valence-electron chi connectivity index (χ2n) is 11.2. The molecule has 4 atom stereocenters. The van der Waals surface area contributed by atoms with Crippen LogP contribution in [0.4, 0.5) is 0 Å². The van der Waals surface area contributed by atoms with E-state index in [2.05, 4.69) is 79.7 Å². The molecule has 204 valence electrons. The van der Waals surface area contributed by atoms with E-state index in [0.717, 1.165) is 63.2 Å². The van der Waals surface area contributed by atoms with Crippen molar-refractivity contribution in [2.24, 2.45) is 0 Å². The zero-order valence-corrected chi connectivity index (χ0v) is 24.4. The molecule has 2 fully saturated rings. The molecular formula is C33H48O4. The van der Waals surface area contributed by atoms with Crippen LogP contribution in [0.15, 0.2) is 24.3 Å². The highest BCUT2D eigenvalue weighted by molar-refractivity contribution is 5.53. The first-order valence-corrected chi connectivity index (χ1v) is 14.7. The summed E-state index contributed by atoms with van der Waals surface area (Å²) in [4.78, 5) is 0. The SMILES string of the molecule is CCc1cc(C(C)(C)c2cc(CC)c(OC(CC)C3CO3)c(CC)c2)cc(CC)c1OC(CC)C1CO1. The number of epoxide rings is 2. The fourth-order valence-corrected chi connectivity index (χ4v) is 5.44. The summed E-state index contributed by atoms with van der Waals surface area (Å²) in [5.41, 5.74) is 7.73. The Hall–Kier alpha value is -2.04. The zero-order valence-electron chi connectivity index (χ0n) is 24.4. The van der Waals surface area contributed by atoms with E-state index in [0.29, 0.717) is 0 Å². The van der Waals surface area contributed by atoms with Gasteiger partial charge in [0.15, 0.2) is 0 Å². The standard InChI is InChI=1S/C33H48O4/c1-9-21-15-25(16-22(10-2)31(21)36-27(13-5)29-19-34-29)33(7,8)26-17-23(11-3)32(24(12-4)18-26)37-28(14-6)30-20-35-30/h15-18,27-30H,9-14,19-20H2,1-8H3. The number of aryl methyl sites for hydroxylation is 4. The van der Waals surface area contributed by atoms with Gasteiger partial charge in [-0.2, -0.15) is 0 Å². The van der Waals surface area contributed by atoms with Crippen LogP contribution in [0.25, 0.3) is 0 Å². The second-order valence-corrected chi connectivity index (χ2v) is 11.2. The summed E-state index contributed by atoms with van der Waals surface area (Å²) in [5.74, 6) is 2.15. The van der Waals surface area contributed by atoms with E-state index in [1.54, 1.807) is 0 Å². The Morgan fingerprint density at radius 1 is 0.649 bits per heavy atom. The van der Waals surface area contributed by atoms with Gasteiger partial charge < -0.3 is 18.9 Å². The summed E-state index contributed by atoms with van der Waals surface area (Å²) in [7, 11) is 0. The third-order valence-electron chi connectivity index (χ3n) is 8.34. The van der Waals surface area contributed by atoms with E-state index in [4.69, 9.17) is 18.9 Å². The third kappa shape index (κ3) is 6.01. The van der Waals surface area contributed by atoms with Crippen LogP contribution in [0.5, 0.6) is 11.5 Å². The van der Waals surface area contributed by atoms with Gasteiger partial charge in [0.2, 0.25) is 0 Å². The van der Waals surface area contributed by atoms with Gasteiger partial charge in [0, 0.05) is 5.41 Å². The lowest BCUT2D eigenvalue weighted by Gasteiger charge is -2.31. The number of hydrogen-bond acceptors (Lipinski definition) is 4. The van der Waals surface area contributed by atoms with E-state index in [9.17, 15) is 0 Å². The molecule has 0 amide bonds. The van der Waals surface area contributed by atoms with E-state index >= 15 is 0 Å². The predicted octanol–water partition coefficient (Wildman–Crippen LogP) is 7.37. The summed E-state index contributed by atoms with van der Waals surface area (Å²) in [6.07, 6.45) is 6.47. The molecule has 2 aliphatic heterocycles. The Morgan fingerprint density at radius 2 is 0.946 bits per heavy atom. The van der Waals surface area contributed by atoms with Crippen LogP contribution in [-0.2, 0) is 40.6 Å². The number of benzene rings is 2. The van der Waals surface area contributed by atoms with Crippen LogP contribution in [0.3, 0.4) is 0 Å². The van der Waals surface area contributed by atoms with Gasteiger partial charge in [-0.05, 0) is 71.9 Å². The van der Waals surface area contributed by atoms with Gasteiger partial charge in [0.25, 0.3) is 0 Å². The van der Waals surface area contributed by atoms with Gasteiger partial charge in [0.1, 0.15) is 35.9 Å². The van der Waals surface area contributed by atoms with Crippen molar-refractivity contribution in [1.82, 2.24) is 0 Å². The van der Waals surface area contributed by atoms with Crippen molar-refractivity contribution in [3.05, 3.63) is 57.6 Å². The Balaban J connectivity index is 1.72. The van der Waals surface area contributed by atoms with Gasteiger partial charge >= 0.3 is 0 Å². The average molecular weight is 509 g/mol. The summed E-state index contributed by atoms with van der Waals surface area (Å²) in [6.45, 7) is 19.7. The molecule has 0 saturated carbocycles. The van der Waals surface area contributed by atoms with E-state index in [1.807, 2.05) is 0 Å². The molecule has 0 aliphatic carbocycles. The Kier molecular flexibility index (Phi) is 8.91. The normalized spacial score (nSPS) is 20.4. The summed E-state index contributed by atoms with van der Waals surface area (Å²) < 4.78 is 24.4. The molecule has 4 nitrogen and oxygen atoms in total. The van der Waals surface area contributed by atoms with Crippen molar-refractivity contribution in [3.8, 4) is 11.5 Å². The largest absolute Gasteiger partial charge is 0.487 e. The van der Waals surface area contributed by atoms with Gasteiger partial charge in [-0.15, -0.1) is 0 Å². The molecule has 0 spiro atoms. The van der Waals surface area contributed by atoms with Crippen LogP contribution < -0.4 is 9.47 Å². The molecule has 2 saturated heterocycles. The van der Waals surface area contributed by atoms with Crippen molar-refractivity contribution in [3.63, 3.8) is 0 Å². The maximum Gasteiger partial charge on any atom is 0.127 e. The molecule has 37 heavy (non-hydrogen) atoms. The molecule has 4 heteroatoms. The fourth-order valence-electron chi connectivity index (χ4n) is 5.44. The van der Waals surface area contributed by atoms with E-state index in [1.165, 1.54) is 33.4 Å². The van der Waals surface area contributed by atoms with Crippen molar-refractivity contribution in [1.29, 1.82) is 0 Å². The van der Waals surface area contributed by atoms with Crippen molar-refractivity contribution in [2.45, 2.75) is 124 Å². The molecule has 0 radical (unpaired) electrons. The predicted molar refractivity (Wildman–Crippen MR) is 151 cm³/mol. The van der Waals surface area contributed by atoms with Crippen LogP contribution in [-0.4, -0.2) is 37.6 Å². The lowest BCUT2D eigenvalue weighted by atomic mass is 9.75. The van der Waals surface area contributed by atoms with Gasteiger partial charge in [0.05, 0.1) is 13.2 Å². The van der Waals surface area contributed by atoms with Crippen LogP contribution in [0, 0.1) is 0 Å². The minimum Gasteiger partial charge on any atom is -0.487 e. The lowest BCUT2D eigenvalue weighted by molar-refractivity contribution is 0.152. The number of rotatable bonds is 14.